The van der Waals surface area contributed by atoms with E-state index in [1.807, 2.05) is 48.5 Å². The highest BCUT2D eigenvalue weighted by molar-refractivity contribution is 5.34. The summed E-state index contributed by atoms with van der Waals surface area (Å²) in [5, 5.41) is 8.84. The Balaban J connectivity index is 1.96. The number of hydrogen-bond donors (Lipinski definition) is 0. The fourth-order valence-corrected chi connectivity index (χ4v) is 2.13. The Hall–Kier alpha value is -2.81. The SMILES string of the molecule is c1ccc(C(N=Nc2cccnc2)c2ccccc2)cc1. The van der Waals surface area contributed by atoms with Gasteiger partial charge in [0.2, 0.25) is 0 Å². The summed E-state index contributed by atoms with van der Waals surface area (Å²) in [6.07, 6.45) is 3.43. The largest absolute Gasteiger partial charge is 0.262 e. The van der Waals surface area contributed by atoms with Crippen LogP contribution in [0.1, 0.15) is 17.2 Å². The topological polar surface area (TPSA) is 37.6 Å². The normalized spacial score (nSPS) is 11.1. The molecule has 0 unspecified atom stereocenters. The van der Waals surface area contributed by atoms with E-state index in [1.54, 1.807) is 12.4 Å². The molecule has 1 heterocycles. The van der Waals surface area contributed by atoms with Crippen LogP contribution in [0.4, 0.5) is 5.69 Å². The lowest BCUT2D eigenvalue weighted by Crippen LogP contribution is -1.96. The predicted octanol–water partition coefficient (Wildman–Crippen LogP) is 4.95. The van der Waals surface area contributed by atoms with Crippen LogP contribution >= 0.6 is 0 Å². The first-order valence-corrected chi connectivity index (χ1v) is 6.84. The molecule has 0 radical (unpaired) electrons. The minimum atomic E-state index is -0.104. The maximum atomic E-state index is 4.52. The molecule has 0 spiro atoms. The summed E-state index contributed by atoms with van der Waals surface area (Å²) < 4.78 is 0. The smallest absolute Gasteiger partial charge is 0.121 e. The molecule has 3 rings (SSSR count). The van der Waals surface area contributed by atoms with Crippen molar-refractivity contribution in [2.75, 3.05) is 0 Å². The molecular weight excluding hydrogens is 258 g/mol. The summed E-state index contributed by atoms with van der Waals surface area (Å²) in [4.78, 5) is 4.05. The molecule has 0 fully saturated rings. The van der Waals surface area contributed by atoms with E-state index in [0.29, 0.717) is 0 Å². The zero-order valence-electron chi connectivity index (χ0n) is 11.5. The Labute approximate surface area is 124 Å². The Morgan fingerprint density at radius 3 is 1.86 bits per heavy atom. The molecule has 102 valence electrons. The summed E-state index contributed by atoms with van der Waals surface area (Å²) in [6.45, 7) is 0. The third kappa shape index (κ3) is 3.39. The first-order chi connectivity index (χ1) is 10.4. The van der Waals surface area contributed by atoms with Crippen molar-refractivity contribution in [3.8, 4) is 0 Å². The van der Waals surface area contributed by atoms with Gasteiger partial charge in [-0.25, -0.2) is 0 Å². The van der Waals surface area contributed by atoms with Crippen molar-refractivity contribution in [3.05, 3.63) is 96.3 Å². The summed E-state index contributed by atoms with van der Waals surface area (Å²) in [5.41, 5.74) is 3.00. The van der Waals surface area contributed by atoms with Crippen LogP contribution in [0, 0.1) is 0 Å². The number of pyridine rings is 1. The van der Waals surface area contributed by atoms with Crippen LogP contribution in [0.2, 0.25) is 0 Å². The van der Waals surface area contributed by atoms with Gasteiger partial charge >= 0.3 is 0 Å². The van der Waals surface area contributed by atoms with Crippen LogP contribution in [-0.4, -0.2) is 4.98 Å². The number of rotatable bonds is 4. The van der Waals surface area contributed by atoms with Crippen molar-refractivity contribution < 1.29 is 0 Å². The number of nitrogens with zero attached hydrogens (tertiary/aromatic N) is 3. The minimum absolute atomic E-state index is 0.104. The van der Waals surface area contributed by atoms with Crippen molar-refractivity contribution in [2.24, 2.45) is 10.2 Å². The van der Waals surface area contributed by atoms with E-state index in [9.17, 15) is 0 Å². The number of aromatic nitrogens is 1. The highest BCUT2D eigenvalue weighted by atomic mass is 15.1. The molecule has 0 N–H and O–H groups in total. The second-order valence-corrected chi connectivity index (χ2v) is 4.65. The van der Waals surface area contributed by atoms with Gasteiger partial charge in [0.1, 0.15) is 11.7 Å². The van der Waals surface area contributed by atoms with Gasteiger partial charge < -0.3 is 0 Å². The average Bonchev–Trinajstić information content (AvgIpc) is 2.58. The number of azo groups is 1. The van der Waals surface area contributed by atoms with E-state index in [-0.39, 0.29) is 6.04 Å². The van der Waals surface area contributed by atoms with E-state index in [1.165, 1.54) is 0 Å². The van der Waals surface area contributed by atoms with E-state index in [2.05, 4.69) is 39.5 Å². The van der Waals surface area contributed by atoms with E-state index >= 15 is 0 Å². The Morgan fingerprint density at radius 1 is 0.714 bits per heavy atom. The number of hydrogen-bond acceptors (Lipinski definition) is 3. The lowest BCUT2D eigenvalue weighted by Gasteiger charge is -2.12. The van der Waals surface area contributed by atoms with Gasteiger partial charge in [-0.05, 0) is 23.3 Å². The minimum Gasteiger partial charge on any atom is -0.262 e. The zero-order valence-corrected chi connectivity index (χ0v) is 11.5. The van der Waals surface area contributed by atoms with Gasteiger partial charge in [0.25, 0.3) is 0 Å². The molecule has 0 bridgehead atoms. The zero-order chi connectivity index (χ0) is 14.3. The van der Waals surface area contributed by atoms with Gasteiger partial charge in [-0.2, -0.15) is 10.2 Å². The molecular formula is C18H15N3. The van der Waals surface area contributed by atoms with E-state index < -0.39 is 0 Å². The van der Waals surface area contributed by atoms with Crippen LogP contribution in [0.5, 0.6) is 0 Å². The predicted molar refractivity (Wildman–Crippen MR) is 83.5 cm³/mol. The van der Waals surface area contributed by atoms with E-state index in [0.717, 1.165) is 16.8 Å². The molecule has 21 heavy (non-hydrogen) atoms. The molecule has 0 aliphatic heterocycles. The lowest BCUT2D eigenvalue weighted by atomic mass is 10.00. The maximum absolute atomic E-state index is 4.52. The quantitative estimate of drug-likeness (QED) is 0.619. The first kappa shape index (κ1) is 13.2. The van der Waals surface area contributed by atoms with Crippen LogP contribution in [0.15, 0.2) is 95.4 Å². The second kappa shape index (κ2) is 6.57. The van der Waals surface area contributed by atoms with Crippen LogP contribution in [-0.2, 0) is 0 Å². The van der Waals surface area contributed by atoms with Crippen molar-refractivity contribution in [3.63, 3.8) is 0 Å². The molecule has 3 aromatic rings. The first-order valence-electron chi connectivity index (χ1n) is 6.84. The fraction of sp³-hybridized carbons (Fsp3) is 0.0556. The summed E-state index contributed by atoms with van der Waals surface area (Å²) in [7, 11) is 0. The van der Waals surface area contributed by atoms with Crippen molar-refractivity contribution >= 4 is 5.69 Å². The summed E-state index contributed by atoms with van der Waals surface area (Å²) >= 11 is 0. The van der Waals surface area contributed by atoms with Gasteiger partial charge in [-0.3, -0.25) is 4.98 Å². The van der Waals surface area contributed by atoms with E-state index in [4.69, 9.17) is 0 Å². The summed E-state index contributed by atoms with van der Waals surface area (Å²) in [5.74, 6) is 0. The van der Waals surface area contributed by atoms with Crippen LogP contribution < -0.4 is 0 Å². The standard InChI is InChI=1S/C18H15N3/c1-3-8-15(9-4-1)18(16-10-5-2-6-11-16)21-20-17-12-7-13-19-14-17/h1-14,18H. The molecule has 1 aromatic heterocycles. The Kier molecular flexibility index (Phi) is 4.12. The molecule has 0 saturated heterocycles. The van der Waals surface area contributed by atoms with Gasteiger partial charge in [-0.15, -0.1) is 0 Å². The molecule has 3 nitrogen and oxygen atoms in total. The molecule has 0 atom stereocenters. The van der Waals surface area contributed by atoms with Crippen molar-refractivity contribution in [1.29, 1.82) is 0 Å². The van der Waals surface area contributed by atoms with Crippen LogP contribution in [0.3, 0.4) is 0 Å². The molecule has 0 aliphatic carbocycles. The summed E-state index contributed by atoms with van der Waals surface area (Å²) in [6, 6.07) is 24.0. The molecule has 3 heteroatoms. The van der Waals surface area contributed by atoms with Gasteiger partial charge in [0.15, 0.2) is 0 Å². The number of benzene rings is 2. The third-order valence-electron chi connectivity index (χ3n) is 3.17. The highest BCUT2D eigenvalue weighted by Gasteiger charge is 2.12. The van der Waals surface area contributed by atoms with Gasteiger partial charge in [0, 0.05) is 6.20 Å². The monoisotopic (exact) mass is 273 g/mol. The molecule has 2 aromatic carbocycles. The Morgan fingerprint density at radius 2 is 1.33 bits per heavy atom. The van der Waals surface area contributed by atoms with Gasteiger partial charge in [-0.1, -0.05) is 60.7 Å². The van der Waals surface area contributed by atoms with Crippen LogP contribution in [0.25, 0.3) is 0 Å². The molecule has 0 amide bonds. The highest BCUT2D eigenvalue weighted by Crippen LogP contribution is 2.27. The third-order valence-corrected chi connectivity index (χ3v) is 3.17. The second-order valence-electron chi connectivity index (χ2n) is 4.65. The van der Waals surface area contributed by atoms with Crippen molar-refractivity contribution in [2.45, 2.75) is 6.04 Å². The fourth-order valence-electron chi connectivity index (χ4n) is 2.13. The van der Waals surface area contributed by atoms with Crippen molar-refractivity contribution in [1.82, 2.24) is 4.98 Å². The van der Waals surface area contributed by atoms with Gasteiger partial charge in [0.05, 0.1) is 6.20 Å². The molecule has 0 aliphatic rings. The maximum Gasteiger partial charge on any atom is 0.121 e. The lowest BCUT2D eigenvalue weighted by molar-refractivity contribution is 0.808. The Bertz CT molecular complexity index is 655. The molecule has 0 saturated carbocycles. The average molecular weight is 273 g/mol.